The van der Waals surface area contributed by atoms with Gasteiger partial charge in [0, 0.05) is 11.5 Å². The SMILES string of the molecule is NC(=O)c1ccc2nc(C(Oc3ccccc3)C3C4CC5CC(C4)CC3C5)[nH]c2c1. The van der Waals surface area contributed by atoms with Crippen molar-refractivity contribution in [3.63, 3.8) is 0 Å². The summed E-state index contributed by atoms with van der Waals surface area (Å²) in [7, 11) is 0. The van der Waals surface area contributed by atoms with Crippen LogP contribution in [0.2, 0.25) is 0 Å². The van der Waals surface area contributed by atoms with Crippen LogP contribution in [0.1, 0.15) is 54.4 Å². The molecule has 1 aromatic heterocycles. The maximum absolute atomic E-state index is 11.6. The molecule has 1 unspecified atom stereocenters. The molecule has 1 amide bonds. The lowest BCUT2D eigenvalue weighted by Crippen LogP contribution is -2.48. The summed E-state index contributed by atoms with van der Waals surface area (Å²) in [6, 6.07) is 15.5. The summed E-state index contributed by atoms with van der Waals surface area (Å²) in [6.07, 6.45) is 6.66. The van der Waals surface area contributed by atoms with E-state index in [9.17, 15) is 4.79 Å². The van der Waals surface area contributed by atoms with Gasteiger partial charge in [-0.25, -0.2) is 4.98 Å². The summed E-state index contributed by atoms with van der Waals surface area (Å²) >= 11 is 0. The fourth-order valence-electron chi connectivity index (χ4n) is 6.74. The summed E-state index contributed by atoms with van der Waals surface area (Å²) in [6.45, 7) is 0. The highest BCUT2D eigenvalue weighted by molar-refractivity contribution is 5.96. The molecule has 0 aliphatic heterocycles. The number of hydrogen-bond donors (Lipinski definition) is 2. The molecule has 4 saturated carbocycles. The highest BCUT2D eigenvalue weighted by Crippen LogP contribution is 2.59. The normalized spacial score (nSPS) is 30.5. The number of nitrogens with two attached hydrogens (primary N) is 1. The standard InChI is InChI=1S/C25H27N3O2/c26-24(29)16-6-7-20-21(13-16)28-25(27-20)23(30-19-4-2-1-3-5-19)22-17-9-14-8-15(11-17)12-18(22)10-14/h1-7,13-15,17-18,22-23H,8-12H2,(H2,26,29)(H,27,28). The van der Waals surface area contributed by atoms with Gasteiger partial charge in [-0.05, 0) is 86.1 Å². The molecule has 4 bridgehead atoms. The topological polar surface area (TPSA) is 81.0 Å². The molecule has 30 heavy (non-hydrogen) atoms. The van der Waals surface area contributed by atoms with Gasteiger partial charge < -0.3 is 15.5 Å². The van der Waals surface area contributed by atoms with Gasteiger partial charge in [0.25, 0.3) is 0 Å². The second-order valence-electron chi connectivity index (χ2n) is 9.58. The van der Waals surface area contributed by atoms with Crippen LogP contribution >= 0.6 is 0 Å². The number of para-hydroxylation sites is 1. The summed E-state index contributed by atoms with van der Waals surface area (Å²) in [5.41, 5.74) is 7.65. The number of ether oxygens (including phenoxy) is 1. The fourth-order valence-corrected chi connectivity index (χ4v) is 6.74. The van der Waals surface area contributed by atoms with Crippen molar-refractivity contribution in [2.24, 2.45) is 35.3 Å². The molecule has 5 nitrogen and oxygen atoms in total. The molecule has 7 rings (SSSR count). The Morgan fingerprint density at radius 2 is 1.70 bits per heavy atom. The molecule has 3 N–H and O–H groups in total. The molecule has 1 heterocycles. The lowest BCUT2D eigenvalue weighted by Gasteiger charge is -2.55. The quantitative estimate of drug-likeness (QED) is 0.641. The van der Waals surface area contributed by atoms with E-state index in [1.807, 2.05) is 36.4 Å². The molecule has 3 aromatic rings. The lowest BCUT2D eigenvalue weighted by atomic mass is 9.51. The Hall–Kier alpha value is -2.82. The molecular weight excluding hydrogens is 374 g/mol. The number of hydrogen-bond acceptors (Lipinski definition) is 3. The van der Waals surface area contributed by atoms with Gasteiger partial charge >= 0.3 is 0 Å². The number of nitrogens with zero attached hydrogens (tertiary/aromatic N) is 1. The zero-order valence-corrected chi connectivity index (χ0v) is 17.0. The number of amides is 1. The van der Waals surface area contributed by atoms with Crippen LogP contribution in [-0.4, -0.2) is 15.9 Å². The molecule has 154 valence electrons. The Kier molecular flexibility index (Phi) is 4.12. The summed E-state index contributed by atoms with van der Waals surface area (Å²) in [5.74, 6) is 5.06. The number of imidazole rings is 1. The van der Waals surface area contributed by atoms with Gasteiger partial charge in [-0.2, -0.15) is 0 Å². The molecule has 2 aromatic carbocycles. The number of nitrogens with one attached hydrogen (secondary N) is 1. The van der Waals surface area contributed by atoms with Crippen LogP contribution < -0.4 is 10.5 Å². The minimum Gasteiger partial charge on any atom is -0.482 e. The van der Waals surface area contributed by atoms with Gasteiger partial charge in [0.2, 0.25) is 5.91 Å². The van der Waals surface area contributed by atoms with Gasteiger partial charge in [-0.1, -0.05) is 18.2 Å². The average Bonchev–Trinajstić information content (AvgIpc) is 3.16. The molecule has 0 saturated heterocycles. The Morgan fingerprint density at radius 3 is 2.37 bits per heavy atom. The number of rotatable bonds is 5. The van der Waals surface area contributed by atoms with E-state index in [0.29, 0.717) is 23.3 Å². The third kappa shape index (κ3) is 2.99. The van der Waals surface area contributed by atoms with Crippen molar-refractivity contribution in [2.45, 2.75) is 38.2 Å². The first kappa shape index (κ1) is 18.0. The Bertz CT molecular complexity index is 1060. The van der Waals surface area contributed by atoms with E-state index in [0.717, 1.165) is 34.4 Å². The first-order chi connectivity index (χ1) is 14.6. The molecule has 0 radical (unpaired) electrons. The summed E-state index contributed by atoms with van der Waals surface area (Å²) < 4.78 is 6.65. The van der Waals surface area contributed by atoms with Crippen LogP contribution in [0, 0.1) is 29.6 Å². The van der Waals surface area contributed by atoms with E-state index in [1.54, 1.807) is 12.1 Å². The monoisotopic (exact) mass is 401 g/mol. The number of carbonyl (C=O) groups is 1. The zero-order chi connectivity index (χ0) is 20.2. The van der Waals surface area contributed by atoms with Gasteiger partial charge in [0.1, 0.15) is 11.6 Å². The number of fused-ring (bicyclic) bond motifs is 1. The van der Waals surface area contributed by atoms with Crippen molar-refractivity contribution in [3.8, 4) is 5.75 Å². The van der Waals surface area contributed by atoms with Gasteiger partial charge in [0.15, 0.2) is 6.10 Å². The van der Waals surface area contributed by atoms with Crippen molar-refractivity contribution >= 4 is 16.9 Å². The second-order valence-corrected chi connectivity index (χ2v) is 9.58. The van der Waals surface area contributed by atoms with Crippen LogP contribution in [0.3, 0.4) is 0 Å². The average molecular weight is 402 g/mol. The first-order valence-corrected chi connectivity index (χ1v) is 11.1. The molecular formula is C25H27N3O2. The van der Waals surface area contributed by atoms with Crippen molar-refractivity contribution in [1.82, 2.24) is 9.97 Å². The van der Waals surface area contributed by atoms with Crippen LogP contribution in [-0.2, 0) is 0 Å². The maximum atomic E-state index is 11.6. The molecule has 0 spiro atoms. The predicted octanol–water partition coefficient (Wildman–Crippen LogP) is 4.85. The molecule has 5 heteroatoms. The first-order valence-electron chi connectivity index (χ1n) is 11.1. The van der Waals surface area contributed by atoms with Gasteiger partial charge in [0.05, 0.1) is 11.0 Å². The largest absolute Gasteiger partial charge is 0.482 e. The van der Waals surface area contributed by atoms with Crippen molar-refractivity contribution < 1.29 is 9.53 Å². The number of H-pyrrole nitrogens is 1. The van der Waals surface area contributed by atoms with Gasteiger partial charge in [-0.3, -0.25) is 4.79 Å². The second kappa shape index (κ2) is 6.86. The van der Waals surface area contributed by atoms with E-state index in [2.05, 4.69) is 4.98 Å². The highest BCUT2D eigenvalue weighted by atomic mass is 16.5. The lowest BCUT2D eigenvalue weighted by molar-refractivity contribution is -0.0852. The summed E-state index contributed by atoms with van der Waals surface area (Å²) in [4.78, 5) is 20.0. The van der Waals surface area contributed by atoms with E-state index in [-0.39, 0.29) is 6.10 Å². The third-order valence-electron chi connectivity index (χ3n) is 7.71. The van der Waals surface area contributed by atoms with Crippen LogP contribution in [0.15, 0.2) is 48.5 Å². The van der Waals surface area contributed by atoms with Gasteiger partial charge in [-0.15, -0.1) is 0 Å². The van der Waals surface area contributed by atoms with Crippen LogP contribution in [0.4, 0.5) is 0 Å². The fraction of sp³-hybridized carbons (Fsp3) is 0.440. The van der Waals surface area contributed by atoms with Crippen LogP contribution in [0.25, 0.3) is 11.0 Å². The number of aromatic nitrogens is 2. The van der Waals surface area contributed by atoms with E-state index in [4.69, 9.17) is 15.5 Å². The number of benzene rings is 2. The zero-order valence-electron chi connectivity index (χ0n) is 17.0. The van der Waals surface area contributed by atoms with E-state index in [1.165, 1.54) is 32.1 Å². The van der Waals surface area contributed by atoms with E-state index >= 15 is 0 Å². The Morgan fingerprint density at radius 1 is 1.00 bits per heavy atom. The Balaban J connectivity index is 1.41. The Labute approximate surface area is 176 Å². The minimum atomic E-state index is -0.425. The molecule has 1 atom stereocenters. The maximum Gasteiger partial charge on any atom is 0.248 e. The van der Waals surface area contributed by atoms with E-state index < -0.39 is 5.91 Å². The van der Waals surface area contributed by atoms with Crippen molar-refractivity contribution in [3.05, 3.63) is 59.9 Å². The highest BCUT2D eigenvalue weighted by Gasteiger charge is 2.52. The minimum absolute atomic E-state index is 0.105. The molecule has 4 aliphatic rings. The third-order valence-corrected chi connectivity index (χ3v) is 7.71. The number of primary amides is 1. The summed E-state index contributed by atoms with van der Waals surface area (Å²) in [5, 5.41) is 0. The number of aromatic amines is 1. The molecule has 4 aliphatic carbocycles. The van der Waals surface area contributed by atoms with Crippen LogP contribution in [0.5, 0.6) is 5.75 Å². The number of carbonyl (C=O) groups excluding carboxylic acids is 1. The van der Waals surface area contributed by atoms with Crippen molar-refractivity contribution in [1.29, 1.82) is 0 Å². The van der Waals surface area contributed by atoms with Crippen molar-refractivity contribution in [2.75, 3.05) is 0 Å². The predicted molar refractivity (Wildman–Crippen MR) is 115 cm³/mol. The molecule has 4 fully saturated rings. The smallest absolute Gasteiger partial charge is 0.248 e.